The maximum atomic E-state index is 8.84. The van der Waals surface area contributed by atoms with Crippen molar-refractivity contribution in [2.45, 2.75) is 13.8 Å². The summed E-state index contributed by atoms with van der Waals surface area (Å²) in [4.78, 5) is 0. The largest absolute Gasteiger partial charge is 0.384 e. The molecule has 0 atom stereocenters. The molecule has 1 fully saturated rings. The van der Waals surface area contributed by atoms with Gasteiger partial charge in [0.15, 0.2) is 0 Å². The Bertz CT molecular complexity index is 430. The highest BCUT2D eigenvalue weighted by Crippen LogP contribution is 2.27. The molecule has 16 heavy (non-hydrogen) atoms. The van der Waals surface area contributed by atoms with E-state index in [0.29, 0.717) is 5.56 Å². The van der Waals surface area contributed by atoms with Crippen molar-refractivity contribution in [3.63, 3.8) is 0 Å². The summed E-state index contributed by atoms with van der Waals surface area (Å²) < 4.78 is 5.21. The van der Waals surface area contributed by atoms with Gasteiger partial charge < -0.3 is 10.1 Å². The number of nitrogens with zero attached hydrogens (tertiary/aromatic N) is 1. The summed E-state index contributed by atoms with van der Waals surface area (Å²) in [5.74, 6) is 0. The van der Waals surface area contributed by atoms with Crippen molar-refractivity contribution in [2.75, 3.05) is 25.1 Å². The van der Waals surface area contributed by atoms with E-state index in [2.05, 4.69) is 18.3 Å². The average Bonchev–Trinajstić information content (AvgIpc) is 2.25. The molecule has 0 bridgehead atoms. The number of ether oxygens (including phenoxy) is 1. The molecule has 0 amide bonds. The van der Waals surface area contributed by atoms with E-state index in [1.807, 2.05) is 25.1 Å². The van der Waals surface area contributed by atoms with Crippen LogP contribution in [0, 0.1) is 23.7 Å². The molecule has 0 radical (unpaired) electrons. The molecule has 1 N–H and O–H groups in total. The highest BCUT2D eigenvalue weighted by Gasteiger charge is 2.32. The van der Waals surface area contributed by atoms with Gasteiger partial charge >= 0.3 is 0 Å². The Kier molecular flexibility index (Phi) is 2.84. The van der Waals surface area contributed by atoms with Crippen molar-refractivity contribution in [3.05, 3.63) is 29.3 Å². The van der Waals surface area contributed by atoms with Gasteiger partial charge in [-0.25, -0.2) is 0 Å². The molecule has 0 aliphatic carbocycles. The molecule has 1 heterocycles. The van der Waals surface area contributed by atoms with E-state index in [1.54, 1.807) is 0 Å². The third-order valence-corrected chi connectivity index (χ3v) is 2.97. The number of hydrogen-bond donors (Lipinski definition) is 1. The Balaban J connectivity index is 2.06. The van der Waals surface area contributed by atoms with Gasteiger partial charge in [0.25, 0.3) is 0 Å². The zero-order chi connectivity index (χ0) is 11.6. The van der Waals surface area contributed by atoms with Gasteiger partial charge in [-0.05, 0) is 24.6 Å². The van der Waals surface area contributed by atoms with E-state index >= 15 is 0 Å². The van der Waals surface area contributed by atoms with Crippen LogP contribution in [0.15, 0.2) is 18.2 Å². The van der Waals surface area contributed by atoms with Gasteiger partial charge in [0, 0.05) is 17.6 Å². The van der Waals surface area contributed by atoms with Crippen LogP contribution in [0.25, 0.3) is 0 Å². The summed E-state index contributed by atoms with van der Waals surface area (Å²) in [5.41, 5.74) is 3.16. The quantitative estimate of drug-likeness (QED) is 0.843. The fraction of sp³-hybridized carbons (Fsp3) is 0.462. The van der Waals surface area contributed by atoms with Crippen LogP contribution in [0.2, 0.25) is 0 Å². The molecule has 3 heteroatoms. The summed E-state index contributed by atoms with van der Waals surface area (Å²) >= 11 is 0. The molecule has 0 unspecified atom stereocenters. The summed E-state index contributed by atoms with van der Waals surface area (Å²) in [6, 6.07) is 7.87. The number of anilines is 1. The van der Waals surface area contributed by atoms with Gasteiger partial charge in [0.1, 0.15) is 0 Å². The van der Waals surface area contributed by atoms with Gasteiger partial charge in [-0.15, -0.1) is 0 Å². The Morgan fingerprint density at radius 2 is 2.25 bits per heavy atom. The van der Waals surface area contributed by atoms with Crippen molar-refractivity contribution in [1.29, 1.82) is 5.26 Å². The Labute approximate surface area is 96.0 Å². The van der Waals surface area contributed by atoms with Gasteiger partial charge in [0.05, 0.1) is 24.8 Å². The first-order valence-electron chi connectivity index (χ1n) is 5.45. The van der Waals surface area contributed by atoms with Crippen molar-refractivity contribution in [1.82, 2.24) is 0 Å². The van der Waals surface area contributed by atoms with Crippen LogP contribution >= 0.6 is 0 Å². The third kappa shape index (κ3) is 2.17. The summed E-state index contributed by atoms with van der Waals surface area (Å²) in [6.07, 6.45) is 0. The lowest BCUT2D eigenvalue weighted by molar-refractivity contribution is -0.0924. The lowest BCUT2D eigenvalue weighted by atomic mass is 9.88. The van der Waals surface area contributed by atoms with Crippen LogP contribution in [0.1, 0.15) is 18.1 Å². The number of benzene rings is 1. The molecule has 3 nitrogen and oxygen atoms in total. The molecule has 0 aromatic heterocycles. The van der Waals surface area contributed by atoms with Crippen LogP contribution in [0.3, 0.4) is 0 Å². The van der Waals surface area contributed by atoms with Crippen molar-refractivity contribution in [3.8, 4) is 6.07 Å². The lowest BCUT2D eigenvalue weighted by Gasteiger charge is -2.38. The van der Waals surface area contributed by atoms with Crippen LogP contribution in [0.5, 0.6) is 0 Å². The number of hydrogen-bond acceptors (Lipinski definition) is 3. The second-order valence-corrected chi connectivity index (χ2v) is 4.80. The Morgan fingerprint density at radius 1 is 1.50 bits per heavy atom. The minimum atomic E-state index is 0.245. The molecule has 1 aromatic carbocycles. The fourth-order valence-corrected chi connectivity index (χ4v) is 1.74. The minimum Gasteiger partial charge on any atom is -0.384 e. The normalized spacial score (nSPS) is 17.3. The van der Waals surface area contributed by atoms with E-state index in [9.17, 15) is 0 Å². The van der Waals surface area contributed by atoms with Crippen LogP contribution in [-0.2, 0) is 4.74 Å². The molecular formula is C13H16N2O. The van der Waals surface area contributed by atoms with E-state index in [-0.39, 0.29) is 5.41 Å². The van der Waals surface area contributed by atoms with Gasteiger partial charge in [-0.2, -0.15) is 5.26 Å². The van der Waals surface area contributed by atoms with Gasteiger partial charge in [0.2, 0.25) is 0 Å². The van der Waals surface area contributed by atoms with Crippen LogP contribution in [-0.4, -0.2) is 19.8 Å². The topological polar surface area (TPSA) is 45.0 Å². The van der Waals surface area contributed by atoms with Crippen LogP contribution < -0.4 is 5.32 Å². The van der Waals surface area contributed by atoms with Gasteiger partial charge in [-0.1, -0.05) is 13.0 Å². The molecule has 2 rings (SSSR count). The SMILES string of the molecule is Cc1ccc(C#N)cc1NCC1(C)COC1. The van der Waals surface area contributed by atoms with E-state index in [4.69, 9.17) is 10.00 Å². The van der Waals surface area contributed by atoms with Crippen LogP contribution in [0.4, 0.5) is 5.69 Å². The molecule has 1 aromatic rings. The number of nitrogens with one attached hydrogen (secondary N) is 1. The maximum absolute atomic E-state index is 8.84. The predicted molar refractivity (Wildman–Crippen MR) is 63.3 cm³/mol. The zero-order valence-corrected chi connectivity index (χ0v) is 9.71. The summed E-state index contributed by atoms with van der Waals surface area (Å²) in [6.45, 7) is 6.77. The van der Waals surface area contributed by atoms with E-state index < -0.39 is 0 Å². The fourth-order valence-electron chi connectivity index (χ4n) is 1.74. The minimum absolute atomic E-state index is 0.245. The second-order valence-electron chi connectivity index (χ2n) is 4.80. The summed E-state index contributed by atoms with van der Waals surface area (Å²) in [7, 11) is 0. The zero-order valence-electron chi connectivity index (χ0n) is 9.71. The molecule has 1 saturated heterocycles. The van der Waals surface area contributed by atoms with E-state index in [0.717, 1.165) is 25.4 Å². The number of aryl methyl sites for hydroxylation is 1. The molecule has 0 saturated carbocycles. The highest BCUT2D eigenvalue weighted by molar-refractivity contribution is 5.55. The molecule has 1 aliphatic heterocycles. The lowest BCUT2D eigenvalue weighted by Crippen LogP contribution is -2.45. The Morgan fingerprint density at radius 3 is 2.81 bits per heavy atom. The van der Waals surface area contributed by atoms with Crippen molar-refractivity contribution >= 4 is 5.69 Å². The first kappa shape index (κ1) is 11.0. The number of rotatable bonds is 3. The van der Waals surface area contributed by atoms with Crippen molar-refractivity contribution in [2.24, 2.45) is 5.41 Å². The van der Waals surface area contributed by atoms with Crippen molar-refractivity contribution < 1.29 is 4.74 Å². The standard InChI is InChI=1S/C13H16N2O/c1-10-3-4-11(6-14)5-12(10)15-7-13(2)8-16-9-13/h3-5,15H,7-9H2,1-2H3. The monoisotopic (exact) mass is 216 g/mol. The molecule has 0 spiro atoms. The van der Waals surface area contributed by atoms with Gasteiger partial charge in [-0.3, -0.25) is 0 Å². The maximum Gasteiger partial charge on any atom is 0.0992 e. The predicted octanol–water partition coefficient (Wildman–Crippen LogP) is 2.32. The Hall–Kier alpha value is -1.53. The molecular weight excluding hydrogens is 200 g/mol. The summed E-state index contributed by atoms with van der Waals surface area (Å²) in [5, 5.41) is 12.2. The smallest absolute Gasteiger partial charge is 0.0992 e. The first-order valence-corrected chi connectivity index (χ1v) is 5.45. The third-order valence-electron chi connectivity index (χ3n) is 2.97. The average molecular weight is 216 g/mol. The highest BCUT2D eigenvalue weighted by atomic mass is 16.5. The second kappa shape index (κ2) is 4.15. The first-order chi connectivity index (χ1) is 7.63. The molecule has 1 aliphatic rings. The number of nitriles is 1. The molecule has 84 valence electrons. The van der Waals surface area contributed by atoms with E-state index in [1.165, 1.54) is 5.56 Å².